The Balaban J connectivity index is 1.84. The number of rotatable bonds is 5. The monoisotopic (exact) mass is 339 g/mol. The summed E-state index contributed by atoms with van der Waals surface area (Å²) >= 11 is 0. The fourth-order valence-corrected chi connectivity index (χ4v) is 2.40. The number of ether oxygens (including phenoxy) is 1. The van der Waals surface area contributed by atoms with Crippen molar-refractivity contribution < 1.29 is 14.6 Å². The van der Waals surface area contributed by atoms with E-state index in [1.807, 2.05) is 48.5 Å². The Morgan fingerprint density at radius 3 is 2.52 bits per heavy atom. The minimum absolute atomic E-state index is 0.132. The Kier molecular flexibility index (Phi) is 6.23. The molecule has 1 amide bonds. The lowest BCUT2D eigenvalue weighted by atomic mass is 9.85. The summed E-state index contributed by atoms with van der Waals surface area (Å²) < 4.78 is 5.13. The van der Waals surface area contributed by atoms with Crippen LogP contribution in [-0.2, 0) is 16.8 Å². The van der Waals surface area contributed by atoms with Crippen LogP contribution in [0.15, 0.2) is 54.6 Å². The highest BCUT2D eigenvalue weighted by molar-refractivity contribution is 5.68. The number of carbonyl (C=O) groups excluding carboxylic acids is 1. The number of nitrogens with one attached hydrogen (secondary N) is 1. The minimum Gasteiger partial charge on any atom is -0.507 e. The van der Waals surface area contributed by atoms with Crippen molar-refractivity contribution in [3.63, 3.8) is 0 Å². The predicted octanol–water partition coefficient (Wildman–Crippen LogP) is 4.63. The van der Waals surface area contributed by atoms with Gasteiger partial charge in [-0.25, -0.2) is 4.79 Å². The molecule has 0 bridgehead atoms. The fourth-order valence-electron chi connectivity index (χ4n) is 2.40. The fraction of sp³-hybridized carbons (Fsp3) is 0.286. The zero-order valence-corrected chi connectivity index (χ0v) is 15.0. The van der Waals surface area contributed by atoms with Crippen molar-refractivity contribution in [3.05, 3.63) is 71.3 Å². The summed E-state index contributed by atoms with van der Waals surface area (Å²) in [5.41, 5.74) is 2.43. The first-order valence-electron chi connectivity index (χ1n) is 8.31. The number of benzene rings is 2. The van der Waals surface area contributed by atoms with E-state index in [4.69, 9.17) is 4.74 Å². The zero-order valence-electron chi connectivity index (χ0n) is 15.0. The molecule has 4 heteroatoms. The molecular formula is C21H25NO3. The Morgan fingerprint density at radius 2 is 1.84 bits per heavy atom. The maximum absolute atomic E-state index is 11.7. The van der Waals surface area contributed by atoms with Gasteiger partial charge in [0.1, 0.15) is 12.4 Å². The molecule has 0 fully saturated rings. The van der Waals surface area contributed by atoms with Crippen molar-refractivity contribution in [2.75, 3.05) is 6.54 Å². The van der Waals surface area contributed by atoms with Crippen LogP contribution >= 0.6 is 0 Å². The molecule has 0 spiro atoms. The maximum Gasteiger partial charge on any atom is 0.407 e. The van der Waals surface area contributed by atoms with Gasteiger partial charge in [-0.2, -0.15) is 0 Å². The first kappa shape index (κ1) is 18.6. The van der Waals surface area contributed by atoms with E-state index in [1.165, 1.54) is 0 Å². The third-order valence-electron chi connectivity index (χ3n) is 3.75. The number of para-hydroxylation sites is 1. The summed E-state index contributed by atoms with van der Waals surface area (Å²) in [7, 11) is 0. The van der Waals surface area contributed by atoms with Gasteiger partial charge in [-0.05, 0) is 16.5 Å². The van der Waals surface area contributed by atoms with Crippen molar-refractivity contribution in [1.82, 2.24) is 5.32 Å². The lowest BCUT2D eigenvalue weighted by Crippen LogP contribution is -2.24. The lowest BCUT2D eigenvalue weighted by Gasteiger charge is -2.21. The Labute approximate surface area is 149 Å². The first-order chi connectivity index (χ1) is 11.9. The number of aromatic hydroxyl groups is 1. The smallest absolute Gasteiger partial charge is 0.407 e. The van der Waals surface area contributed by atoms with E-state index < -0.39 is 6.09 Å². The van der Waals surface area contributed by atoms with Crippen LogP contribution in [0, 0.1) is 0 Å². The van der Waals surface area contributed by atoms with Gasteiger partial charge in [-0.1, -0.05) is 81.5 Å². The number of phenols is 1. The van der Waals surface area contributed by atoms with Gasteiger partial charge in [0.15, 0.2) is 0 Å². The molecule has 25 heavy (non-hydrogen) atoms. The van der Waals surface area contributed by atoms with Gasteiger partial charge in [0.05, 0.1) is 0 Å². The molecule has 0 atom stereocenters. The quantitative estimate of drug-likeness (QED) is 0.835. The Bertz CT molecular complexity index is 731. The van der Waals surface area contributed by atoms with E-state index >= 15 is 0 Å². The molecule has 2 rings (SSSR count). The van der Waals surface area contributed by atoms with Gasteiger partial charge in [-0.15, -0.1) is 0 Å². The third kappa shape index (κ3) is 5.68. The molecule has 2 aromatic carbocycles. The second kappa shape index (κ2) is 8.38. The van der Waals surface area contributed by atoms with Crippen LogP contribution in [0.25, 0.3) is 6.08 Å². The van der Waals surface area contributed by atoms with Gasteiger partial charge >= 0.3 is 6.09 Å². The zero-order chi connectivity index (χ0) is 18.3. The summed E-state index contributed by atoms with van der Waals surface area (Å²) in [4.78, 5) is 11.7. The summed E-state index contributed by atoms with van der Waals surface area (Å²) in [6.07, 6.45) is 3.11. The molecule has 2 N–H and O–H groups in total. The van der Waals surface area contributed by atoms with Crippen LogP contribution in [0.1, 0.15) is 37.5 Å². The number of phenolic OH excluding ortho intramolecular Hbond substituents is 1. The minimum atomic E-state index is -0.471. The lowest BCUT2D eigenvalue weighted by molar-refractivity contribution is 0.141. The molecule has 0 saturated carbocycles. The van der Waals surface area contributed by atoms with Crippen LogP contribution in [0.2, 0.25) is 0 Å². The predicted molar refractivity (Wildman–Crippen MR) is 100 cm³/mol. The van der Waals surface area contributed by atoms with E-state index in [9.17, 15) is 9.90 Å². The van der Waals surface area contributed by atoms with Crippen molar-refractivity contribution in [1.29, 1.82) is 0 Å². The summed E-state index contributed by atoms with van der Waals surface area (Å²) in [6, 6.07) is 15.2. The number of carbonyl (C=O) groups is 1. The van der Waals surface area contributed by atoms with Crippen LogP contribution in [0.4, 0.5) is 4.79 Å². The van der Waals surface area contributed by atoms with E-state index in [0.29, 0.717) is 6.54 Å². The molecule has 4 nitrogen and oxygen atoms in total. The molecule has 0 saturated heterocycles. The highest BCUT2D eigenvalue weighted by Gasteiger charge is 2.18. The molecule has 0 aliphatic heterocycles. The number of alkyl carbamates (subject to hydrolysis) is 1. The van der Waals surface area contributed by atoms with Crippen molar-refractivity contribution in [2.24, 2.45) is 0 Å². The molecular weight excluding hydrogens is 314 g/mol. The maximum atomic E-state index is 11.7. The first-order valence-corrected chi connectivity index (χ1v) is 8.31. The van der Waals surface area contributed by atoms with Gasteiger partial charge in [0.2, 0.25) is 0 Å². The Morgan fingerprint density at radius 1 is 1.12 bits per heavy atom. The normalized spacial score (nSPS) is 11.5. The van der Waals surface area contributed by atoms with E-state index in [2.05, 4.69) is 26.1 Å². The van der Waals surface area contributed by atoms with E-state index in [0.717, 1.165) is 16.7 Å². The molecule has 0 aliphatic carbocycles. The standard InChI is InChI=1S/C21H25NO3/c1-21(2,3)18-13-7-11-17(19(18)23)12-8-14-22-20(24)25-15-16-9-5-4-6-10-16/h4-13,23H,14-15H2,1-3H3,(H,22,24). The molecule has 0 unspecified atom stereocenters. The summed E-state index contributed by atoms with van der Waals surface area (Å²) in [6.45, 7) is 6.73. The Hall–Kier alpha value is -2.75. The van der Waals surface area contributed by atoms with Crippen molar-refractivity contribution >= 4 is 12.2 Å². The van der Waals surface area contributed by atoms with Gasteiger partial charge < -0.3 is 15.2 Å². The average Bonchev–Trinajstić information content (AvgIpc) is 2.58. The van der Waals surface area contributed by atoms with E-state index in [1.54, 1.807) is 12.2 Å². The largest absolute Gasteiger partial charge is 0.507 e. The van der Waals surface area contributed by atoms with Crippen LogP contribution in [0.3, 0.4) is 0 Å². The number of hydrogen-bond donors (Lipinski definition) is 2. The van der Waals surface area contributed by atoms with Crippen molar-refractivity contribution in [2.45, 2.75) is 32.8 Å². The van der Waals surface area contributed by atoms with E-state index in [-0.39, 0.29) is 17.8 Å². The molecule has 0 aliphatic rings. The SMILES string of the molecule is CC(C)(C)c1cccc(C=CCNC(=O)OCc2ccccc2)c1O. The third-order valence-corrected chi connectivity index (χ3v) is 3.75. The topological polar surface area (TPSA) is 58.6 Å². The van der Waals surface area contributed by atoms with Crippen molar-refractivity contribution in [3.8, 4) is 5.75 Å². The second-order valence-corrected chi connectivity index (χ2v) is 6.84. The van der Waals surface area contributed by atoms with Gasteiger partial charge in [0.25, 0.3) is 0 Å². The van der Waals surface area contributed by atoms with Crippen LogP contribution in [0.5, 0.6) is 5.75 Å². The summed E-state index contributed by atoms with van der Waals surface area (Å²) in [5, 5.41) is 13.0. The van der Waals surface area contributed by atoms with Crippen LogP contribution in [-0.4, -0.2) is 17.7 Å². The highest BCUT2D eigenvalue weighted by Crippen LogP contribution is 2.33. The molecule has 0 aromatic heterocycles. The molecule has 2 aromatic rings. The molecule has 132 valence electrons. The number of amides is 1. The highest BCUT2D eigenvalue weighted by atomic mass is 16.5. The molecule has 0 heterocycles. The summed E-state index contributed by atoms with van der Waals surface area (Å²) in [5.74, 6) is 0.276. The average molecular weight is 339 g/mol. The second-order valence-electron chi connectivity index (χ2n) is 6.84. The van der Waals surface area contributed by atoms with Gasteiger partial charge in [-0.3, -0.25) is 0 Å². The van der Waals surface area contributed by atoms with Crippen LogP contribution < -0.4 is 5.32 Å². The van der Waals surface area contributed by atoms with Gasteiger partial charge in [0, 0.05) is 12.1 Å². The number of hydrogen-bond acceptors (Lipinski definition) is 3. The molecule has 0 radical (unpaired) electrons.